The molecule has 6 heteroatoms. The van der Waals surface area contributed by atoms with Gasteiger partial charge in [0.15, 0.2) is 0 Å². The lowest BCUT2D eigenvalue weighted by atomic mass is 10.2. The van der Waals surface area contributed by atoms with Gasteiger partial charge in [-0.25, -0.2) is 0 Å². The predicted octanol–water partition coefficient (Wildman–Crippen LogP) is 3.60. The Morgan fingerprint density at radius 2 is 2.05 bits per heavy atom. The van der Waals surface area contributed by atoms with Gasteiger partial charge in [0.2, 0.25) is 0 Å². The lowest BCUT2D eigenvalue weighted by molar-refractivity contribution is 0.409. The summed E-state index contributed by atoms with van der Waals surface area (Å²) in [5.74, 6) is 0.826. The Morgan fingerprint density at radius 3 is 2.65 bits per heavy atom. The van der Waals surface area contributed by atoms with E-state index in [4.69, 9.17) is 4.74 Å². The van der Waals surface area contributed by atoms with Crippen LogP contribution < -0.4 is 10.1 Å². The van der Waals surface area contributed by atoms with E-state index >= 15 is 0 Å². The number of aryl methyl sites for hydroxylation is 1. The Kier molecular flexibility index (Phi) is 6.06. The van der Waals surface area contributed by atoms with Crippen LogP contribution in [0.1, 0.15) is 12.0 Å². The zero-order valence-electron chi connectivity index (χ0n) is 11.3. The number of hydrogen-bond donors (Lipinski definition) is 1. The molecule has 0 aliphatic carbocycles. The molecule has 4 nitrogen and oxygen atoms in total. The first kappa shape index (κ1) is 15.5. The normalized spacial score (nSPS) is 10.8. The first-order chi connectivity index (χ1) is 9.70. The minimum absolute atomic E-state index is 0.826. The van der Waals surface area contributed by atoms with Crippen molar-refractivity contribution in [3.8, 4) is 5.75 Å². The van der Waals surface area contributed by atoms with Crippen LogP contribution in [-0.2, 0) is 13.1 Å². The second-order valence-electron chi connectivity index (χ2n) is 4.39. The average molecular weight is 403 g/mol. The molecule has 1 aromatic heterocycles. The first-order valence-electron chi connectivity index (χ1n) is 6.40. The Morgan fingerprint density at radius 1 is 1.30 bits per heavy atom. The Bertz CT molecular complexity index is 520. The van der Waals surface area contributed by atoms with Crippen molar-refractivity contribution in [2.45, 2.75) is 19.5 Å². The molecule has 0 unspecified atom stereocenters. The monoisotopic (exact) mass is 401 g/mol. The summed E-state index contributed by atoms with van der Waals surface area (Å²) in [7, 11) is 1.66. The third-order valence-electron chi connectivity index (χ3n) is 2.89. The number of nitrogens with one attached hydrogen (secondary N) is 1. The summed E-state index contributed by atoms with van der Waals surface area (Å²) in [6.45, 7) is 2.73. The van der Waals surface area contributed by atoms with Crippen molar-refractivity contribution in [1.29, 1.82) is 0 Å². The van der Waals surface area contributed by atoms with Gasteiger partial charge in [-0.3, -0.25) is 4.68 Å². The fourth-order valence-corrected chi connectivity index (χ4v) is 3.55. The maximum Gasteiger partial charge on any atom is 0.147 e. The number of methoxy groups -OCH3 is 1. The molecule has 0 fully saturated rings. The molecule has 0 saturated heterocycles. The van der Waals surface area contributed by atoms with Crippen molar-refractivity contribution in [3.05, 3.63) is 45.1 Å². The molecule has 1 N–H and O–H groups in total. The van der Waals surface area contributed by atoms with Crippen LogP contribution in [0.2, 0.25) is 0 Å². The van der Waals surface area contributed by atoms with E-state index in [0.717, 1.165) is 40.8 Å². The summed E-state index contributed by atoms with van der Waals surface area (Å²) in [4.78, 5) is 0. The largest absolute Gasteiger partial charge is 0.494 e. The summed E-state index contributed by atoms with van der Waals surface area (Å²) < 4.78 is 9.16. The minimum Gasteiger partial charge on any atom is -0.494 e. The zero-order valence-corrected chi connectivity index (χ0v) is 14.4. The van der Waals surface area contributed by atoms with Crippen molar-refractivity contribution in [2.24, 2.45) is 0 Å². The van der Waals surface area contributed by atoms with E-state index in [1.807, 2.05) is 16.9 Å². The molecule has 0 aliphatic heterocycles. The maximum atomic E-state index is 5.29. The van der Waals surface area contributed by atoms with Gasteiger partial charge in [-0.05, 0) is 68.6 Å². The molecule has 108 valence electrons. The Hall–Kier alpha value is -0.850. The number of aromatic nitrogens is 2. The van der Waals surface area contributed by atoms with Gasteiger partial charge >= 0.3 is 0 Å². The topological polar surface area (TPSA) is 39.1 Å². The quantitative estimate of drug-likeness (QED) is 0.719. The molecule has 0 atom stereocenters. The lowest BCUT2D eigenvalue weighted by Gasteiger charge is -2.10. The fraction of sp³-hybridized carbons (Fsp3) is 0.357. The van der Waals surface area contributed by atoms with Crippen LogP contribution in [0.5, 0.6) is 5.75 Å². The van der Waals surface area contributed by atoms with Gasteiger partial charge in [0.05, 0.1) is 16.1 Å². The average Bonchev–Trinajstić information content (AvgIpc) is 2.91. The van der Waals surface area contributed by atoms with E-state index in [9.17, 15) is 0 Å². The molecular formula is C14H17Br2N3O. The van der Waals surface area contributed by atoms with Gasteiger partial charge in [0.25, 0.3) is 0 Å². The minimum atomic E-state index is 0.826. The highest BCUT2D eigenvalue weighted by Gasteiger charge is 2.07. The van der Waals surface area contributed by atoms with E-state index in [0.29, 0.717) is 0 Å². The van der Waals surface area contributed by atoms with Crippen LogP contribution in [0.25, 0.3) is 0 Å². The second kappa shape index (κ2) is 7.81. The van der Waals surface area contributed by atoms with E-state index in [-0.39, 0.29) is 0 Å². The van der Waals surface area contributed by atoms with Crippen LogP contribution in [-0.4, -0.2) is 23.4 Å². The number of benzene rings is 1. The summed E-state index contributed by atoms with van der Waals surface area (Å²) in [5, 5.41) is 7.61. The van der Waals surface area contributed by atoms with E-state index in [2.05, 4.69) is 54.4 Å². The highest BCUT2D eigenvalue weighted by molar-refractivity contribution is 9.11. The highest BCUT2D eigenvalue weighted by Crippen LogP contribution is 2.34. The Balaban J connectivity index is 1.76. The molecule has 0 spiro atoms. The molecule has 0 bridgehead atoms. The summed E-state index contributed by atoms with van der Waals surface area (Å²) >= 11 is 7.03. The first-order valence-corrected chi connectivity index (χ1v) is 7.99. The number of ether oxygens (including phenoxy) is 1. The van der Waals surface area contributed by atoms with Gasteiger partial charge < -0.3 is 10.1 Å². The maximum absolute atomic E-state index is 5.29. The fourth-order valence-electron chi connectivity index (χ4n) is 1.94. The zero-order chi connectivity index (χ0) is 14.4. The second-order valence-corrected chi connectivity index (χ2v) is 6.10. The molecular weight excluding hydrogens is 386 g/mol. The van der Waals surface area contributed by atoms with Crippen LogP contribution in [0, 0.1) is 0 Å². The van der Waals surface area contributed by atoms with Crippen molar-refractivity contribution < 1.29 is 4.74 Å². The molecule has 0 aliphatic rings. The third-order valence-corrected chi connectivity index (χ3v) is 4.07. The molecule has 2 aromatic rings. The number of halogens is 2. The smallest absolute Gasteiger partial charge is 0.147 e. The highest BCUT2D eigenvalue weighted by atomic mass is 79.9. The molecule has 1 heterocycles. The number of hydrogen-bond acceptors (Lipinski definition) is 3. The molecule has 2 rings (SSSR count). The number of nitrogens with zero attached hydrogens (tertiary/aromatic N) is 2. The van der Waals surface area contributed by atoms with Gasteiger partial charge in [0, 0.05) is 25.5 Å². The summed E-state index contributed by atoms with van der Waals surface area (Å²) in [6, 6.07) is 6.09. The SMILES string of the molecule is COc1c(Br)cc(CNCCCn2cccn2)cc1Br. The number of rotatable bonds is 7. The predicted molar refractivity (Wildman–Crippen MR) is 86.9 cm³/mol. The van der Waals surface area contributed by atoms with Crippen LogP contribution >= 0.6 is 31.9 Å². The van der Waals surface area contributed by atoms with Gasteiger partial charge in [-0.1, -0.05) is 0 Å². The van der Waals surface area contributed by atoms with E-state index in [1.165, 1.54) is 5.56 Å². The summed E-state index contributed by atoms with van der Waals surface area (Å²) in [5.41, 5.74) is 1.21. The van der Waals surface area contributed by atoms with Crippen LogP contribution in [0.15, 0.2) is 39.5 Å². The molecule has 1 aromatic carbocycles. The van der Waals surface area contributed by atoms with Gasteiger partial charge in [-0.2, -0.15) is 5.10 Å². The lowest BCUT2D eigenvalue weighted by Crippen LogP contribution is -2.16. The standard InChI is InChI=1S/C14H17Br2N3O/c1-20-14-12(15)8-11(9-13(14)16)10-17-4-2-6-19-7-3-5-18-19/h3,5,7-9,17H,2,4,6,10H2,1H3. The van der Waals surface area contributed by atoms with E-state index < -0.39 is 0 Å². The van der Waals surface area contributed by atoms with Crippen molar-refractivity contribution in [3.63, 3.8) is 0 Å². The molecule has 0 amide bonds. The van der Waals surface area contributed by atoms with E-state index in [1.54, 1.807) is 13.3 Å². The third kappa shape index (κ3) is 4.33. The van der Waals surface area contributed by atoms with Gasteiger partial charge in [0.1, 0.15) is 5.75 Å². The van der Waals surface area contributed by atoms with Gasteiger partial charge in [-0.15, -0.1) is 0 Å². The molecule has 20 heavy (non-hydrogen) atoms. The van der Waals surface area contributed by atoms with Crippen molar-refractivity contribution in [1.82, 2.24) is 15.1 Å². The molecule has 0 radical (unpaired) electrons. The Labute approximate surface area is 135 Å². The summed E-state index contributed by atoms with van der Waals surface area (Å²) in [6.07, 6.45) is 4.84. The van der Waals surface area contributed by atoms with Crippen molar-refractivity contribution >= 4 is 31.9 Å². The van der Waals surface area contributed by atoms with Crippen LogP contribution in [0.3, 0.4) is 0 Å². The van der Waals surface area contributed by atoms with Crippen molar-refractivity contribution in [2.75, 3.05) is 13.7 Å². The molecule has 0 saturated carbocycles. The van der Waals surface area contributed by atoms with Crippen LogP contribution in [0.4, 0.5) is 0 Å².